The van der Waals surface area contributed by atoms with Crippen LogP contribution in [0.25, 0.3) is 0 Å². The van der Waals surface area contributed by atoms with Crippen LogP contribution >= 0.6 is 0 Å². The summed E-state index contributed by atoms with van der Waals surface area (Å²) < 4.78 is 0. The summed E-state index contributed by atoms with van der Waals surface area (Å²) in [4.78, 5) is 12.0. The van der Waals surface area contributed by atoms with Gasteiger partial charge >= 0.3 is 0 Å². The second kappa shape index (κ2) is 8.22. The van der Waals surface area contributed by atoms with E-state index < -0.39 is 0 Å². The summed E-state index contributed by atoms with van der Waals surface area (Å²) >= 11 is 0. The summed E-state index contributed by atoms with van der Waals surface area (Å²) in [5, 5.41) is 6.28. The van der Waals surface area contributed by atoms with E-state index in [0.717, 1.165) is 30.8 Å². The van der Waals surface area contributed by atoms with E-state index in [1.54, 1.807) is 0 Å². The van der Waals surface area contributed by atoms with Crippen molar-refractivity contribution in [1.29, 1.82) is 0 Å². The Kier molecular flexibility index (Phi) is 5.98. The first-order valence-electron chi connectivity index (χ1n) is 7.41. The lowest BCUT2D eigenvalue weighted by Gasteiger charge is -2.07. The maximum Gasteiger partial charge on any atom is 0.228 e. The second-order valence-electron chi connectivity index (χ2n) is 5.08. The fourth-order valence-electron chi connectivity index (χ4n) is 2.10. The standard InChI is InChI=1S/C18H22N2O/c1-2-12-19-14-16-8-10-17(11-9-16)20-18(21)13-15-6-4-3-5-7-15/h3-11,19H,2,12-14H2,1H3,(H,20,21). The molecule has 0 heterocycles. The van der Waals surface area contributed by atoms with Gasteiger partial charge < -0.3 is 10.6 Å². The highest BCUT2D eigenvalue weighted by atomic mass is 16.1. The van der Waals surface area contributed by atoms with Crippen LogP contribution in [0.5, 0.6) is 0 Å². The highest BCUT2D eigenvalue weighted by molar-refractivity contribution is 5.92. The third-order valence-corrected chi connectivity index (χ3v) is 3.20. The number of hydrogen-bond donors (Lipinski definition) is 2. The molecule has 110 valence electrons. The molecule has 2 aromatic carbocycles. The van der Waals surface area contributed by atoms with Gasteiger partial charge in [0.15, 0.2) is 0 Å². The van der Waals surface area contributed by atoms with Gasteiger partial charge in [0.25, 0.3) is 0 Å². The van der Waals surface area contributed by atoms with E-state index in [4.69, 9.17) is 0 Å². The van der Waals surface area contributed by atoms with Crippen molar-refractivity contribution < 1.29 is 4.79 Å². The molecule has 21 heavy (non-hydrogen) atoms. The quantitative estimate of drug-likeness (QED) is 0.764. The fraction of sp³-hybridized carbons (Fsp3) is 0.278. The first-order chi connectivity index (χ1) is 10.3. The minimum atomic E-state index is 0.0121. The molecule has 0 radical (unpaired) electrons. The molecule has 2 aromatic rings. The van der Waals surface area contributed by atoms with Crippen LogP contribution in [0.1, 0.15) is 24.5 Å². The van der Waals surface area contributed by atoms with Gasteiger partial charge in [-0.3, -0.25) is 4.79 Å². The van der Waals surface area contributed by atoms with Gasteiger partial charge in [0, 0.05) is 12.2 Å². The van der Waals surface area contributed by atoms with E-state index in [9.17, 15) is 4.79 Å². The van der Waals surface area contributed by atoms with Gasteiger partial charge in [-0.2, -0.15) is 0 Å². The first-order valence-corrected chi connectivity index (χ1v) is 7.41. The summed E-state index contributed by atoms with van der Waals surface area (Å²) in [6.45, 7) is 4.04. The van der Waals surface area contributed by atoms with Crippen molar-refractivity contribution in [2.75, 3.05) is 11.9 Å². The first kappa shape index (κ1) is 15.3. The minimum absolute atomic E-state index is 0.0121. The Morgan fingerprint density at radius 2 is 1.67 bits per heavy atom. The maximum absolute atomic E-state index is 12.0. The van der Waals surface area contributed by atoms with Crippen LogP contribution in [-0.4, -0.2) is 12.5 Å². The molecule has 0 saturated heterocycles. The van der Waals surface area contributed by atoms with Crippen LogP contribution < -0.4 is 10.6 Å². The smallest absolute Gasteiger partial charge is 0.228 e. The Morgan fingerprint density at radius 3 is 2.33 bits per heavy atom. The molecule has 0 aromatic heterocycles. The molecule has 0 aliphatic rings. The molecule has 2 N–H and O–H groups in total. The van der Waals surface area contributed by atoms with Crippen molar-refractivity contribution in [3.63, 3.8) is 0 Å². The maximum atomic E-state index is 12.0. The van der Waals surface area contributed by atoms with E-state index >= 15 is 0 Å². The summed E-state index contributed by atoms with van der Waals surface area (Å²) in [6, 6.07) is 17.7. The van der Waals surface area contributed by atoms with Gasteiger partial charge in [-0.25, -0.2) is 0 Å². The minimum Gasteiger partial charge on any atom is -0.326 e. The Labute approximate surface area is 126 Å². The molecule has 0 bridgehead atoms. The van der Waals surface area contributed by atoms with Crippen molar-refractivity contribution >= 4 is 11.6 Å². The molecule has 0 aliphatic heterocycles. The summed E-state index contributed by atoms with van der Waals surface area (Å²) in [5.74, 6) is 0.0121. The van der Waals surface area contributed by atoms with Crippen molar-refractivity contribution in [2.45, 2.75) is 26.3 Å². The summed E-state index contributed by atoms with van der Waals surface area (Å²) in [5.41, 5.74) is 3.09. The lowest BCUT2D eigenvalue weighted by Crippen LogP contribution is -2.15. The van der Waals surface area contributed by atoms with Gasteiger partial charge in [0.05, 0.1) is 6.42 Å². The number of amides is 1. The van der Waals surface area contributed by atoms with Gasteiger partial charge in [0.2, 0.25) is 5.91 Å². The molecule has 2 rings (SSSR count). The van der Waals surface area contributed by atoms with Crippen molar-refractivity contribution in [3.8, 4) is 0 Å². The lowest BCUT2D eigenvalue weighted by atomic mass is 10.1. The van der Waals surface area contributed by atoms with Crippen LogP contribution in [-0.2, 0) is 17.8 Å². The van der Waals surface area contributed by atoms with Gasteiger partial charge in [0.1, 0.15) is 0 Å². The Bertz CT molecular complexity index is 549. The van der Waals surface area contributed by atoms with Crippen molar-refractivity contribution in [3.05, 3.63) is 65.7 Å². The predicted molar refractivity (Wildman–Crippen MR) is 87.2 cm³/mol. The van der Waals surface area contributed by atoms with E-state index in [0.29, 0.717) is 6.42 Å². The van der Waals surface area contributed by atoms with Crippen LogP contribution in [0.2, 0.25) is 0 Å². The van der Waals surface area contributed by atoms with Crippen molar-refractivity contribution in [2.24, 2.45) is 0 Å². The molecular formula is C18H22N2O. The van der Waals surface area contributed by atoms with Crippen molar-refractivity contribution in [1.82, 2.24) is 5.32 Å². The third kappa shape index (κ3) is 5.40. The van der Waals surface area contributed by atoms with Crippen LogP contribution in [0.3, 0.4) is 0 Å². The third-order valence-electron chi connectivity index (χ3n) is 3.20. The molecule has 1 amide bonds. The second-order valence-corrected chi connectivity index (χ2v) is 5.08. The highest BCUT2D eigenvalue weighted by Crippen LogP contribution is 2.10. The number of hydrogen-bond acceptors (Lipinski definition) is 2. The summed E-state index contributed by atoms with van der Waals surface area (Å²) in [7, 11) is 0. The molecule has 0 unspecified atom stereocenters. The van der Waals surface area contributed by atoms with E-state index in [2.05, 4.69) is 17.6 Å². The number of anilines is 1. The number of carbonyl (C=O) groups excluding carboxylic acids is 1. The Hall–Kier alpha value is -2.13. The zero-order chi connectivity index (χ0) is 14.9. The van der Waals surface area contributed by atoms with E-state index in [-0.39, 0.29) is 5.91 Å². The molecule has 3 heteroatoms. The average Bonchev–Trinajstić information content (AvgIpc) is 2.50. The van der Waals surface area contributed by atoms with Crippen LogP contribution in [0.4, 0.5) is 5.69 Å². The Morgan fingerprint density at radius 1 is 0.952 bits per heavy atom. The molecule has 0 fully saturated rings. The van der Waals surface area contributed by atoms with Gasteiger partial charge in [-0.05, 0) is 36.2 Å². The molecule has 0 spiro atoms. The number of nitrogens with one attached hydrogen (secondary N) is 2. The fourth-order valence-corrected chi connectivity index (χ4v) is 2.10. The Balaban J connectivity index is 1.83. The van der Waals surface area contributed by atoms with Gasteiger partial charge in [-0.15, -0.1) is 0 Å². The molecule has 0 saturated carbocycles. The topological polar surface area (TPSA) is 41.1 Å². The molecule has 0 atom stereocenters. The lowest BCUT2D eigenvalue weighted by molar-refractivity contribution is -0.115. The highest BCUT2D eigenvalue weighted by Gasteiger charge is 2.03. The SMILES string of the molecule is CCCNCc1ccc(NC(=O)Cc2ccccc2)cc1. The summed E-state index contributed by atoms with van der Waals surface area (Å²) in [6.07, 6.45) is 1.54. The van der Waals surface area contributed by atoms with E-state index in [1.807, 2.05) is 54.6 Å². The zero-order valence-corrected chi connectivity index (χ0v) is 12.4. The zero-order valence-electron chi connectivity index (χ0n) is 12.4. The monoisotopic (exact) mass is 282 g/mol. The van der Waals surface area contributed by atoms with Gasteiger partial charge in [-0.1, -0.05) is 49.4 Å². The number of benzene rings is 2. The molecular weight excluding hydrogens is 260 g/mol. The predicted octanol–water partition coefficient (Wildman–Crippen LogP) is 3.37. The molecule has 0 aliphatic carbocycles. The molecule has 3 nitrogen and oxygen atoms in total. The number of carbonyl (C=O) groups is 1. The van der Waals surface area contributed by atoms with E-state index in [1.165, 1.54) is 5.56 Å². The number of rotatable bonds is 7. The normalized spacial score (nSPS) is 10.3. The van der Waals surface area contributed by atoms with Crippen LogP contribution in [0.15, 0.2) is 54.6 Å². The largest absolute Gasteiger partial charge is 0.326 e. The van der Waals surface area contributed by atoms with Crippen LogP contribution in [0, 0.1) is 0 Å². The average molecular weight is 282 g/mol.